The van der Waals surface area contributed by atoms with Crippen LogP contribution in [-0.4, -0.2) is 43.1 Å². The molecule has 2 amide bonds. The van der Waals surface area contributed by atoms with Gasteiger partial charge >= 0.3 is 0 Å². The monoisotopic (exact) mass is 352 g/mol. The number of amides is 2. The Morgan fingerprint density at radius 3 is 2.32 bits per heavy atom. The molecule has 25 heavy (non-hydrogen) atoms. The van der Waals surface area contributed by atoms with Gasteiger partial charge in [0.1, 0.15) is 6.29 Å². The summed E-state index contributed by atoms with van der Waals surface area (Å²) in [6.45, 7) is 7.62. The molecule has 0 unspecified atom stereocenters. The van der Waals surface area contributed by atoms with E-state index in [9.17, 15) is 14.4 Å². The Morgan fingerprint density at radius 2 is 1.76 bits per heavy atom. The SMILES string of the molecule is CC.CCCCCNC(=O)C1CCC(CN(C)C(=O)/C=C\C=O)CC1. The fourth-order valence-electron chi connectivity index (χ4n) is 3.06. The van der Waals surface area contributed by atoms with E-state index >= 15 is 0 Å². The Balaban J connectivity index is 0.00000277. The van der Waals surface area contributed by atoms with Gasteiger partial charge in [-0.1, -0.05) is 33.6 Å². The largest absolute Gasteiger partial charge is 0.356 e. The molecule has 5 nitrogen and oxygen atoms in total. The smallest absolute Gasteiger partial charge is 0.246 e. The number of unbranched alkanes of at least 4 members (excludes halogenated alkanes) is 2. The molecule has 1 fully saturated rings. The topological polar surface area (TPSA) is 66.5 Å². The van der Waals surface area contributed by atoms with Gasteiger partial charge < -0.3 is 10.2 Å². The molecule has 0 radical (unpaired) electrons. The molecule has 0 aromatic carbocycles. The van der Waals surface area contributed by atoms with E-state index in [4.69, 9.17) is 0 Å². The summed E-state index contributed by atoms with van der Waals surface area (Å²) in [6.07, 6.45) is 10.2. The Hall–Kier alpha value is -1.65. The average Bonchev–Trinajstić information content (AvgIpc) is 2.65. The molecule has 5 heteroatoms. The first-order valence-corrected chi connectivity index (χ1v) is 9.73. The van der Waals surface area contributed by atoms with Gasteiger partial charge in [-0.05, 0) is 44.1 Å². The Labute approximate surface area is 153 Å². The van der Waals surface area contributed by atoms with E-state index in [1.165, 1.54) is 12.2 Å². The van der Waals surface area contributed by atoms with Crippen LogP contribution < -0.4 is 5.32 Å². The molecule has 144 valence electrons. The van der Waals surface area contributed by atoms with Gasteiger partial charge in [-0.25, -0.2) is 0 Å². The van der Waals surface area contributed by atoms with Gasteiger partial charge in [0.2, 0.25) is 11.8 Å². The third kappa shape index (κ3) is 10.0. The van der Waals surface area contributed by atoms with Crippen LogP contribution in [0.3, 0.4) is 0 Å². The molecule has 0 spiro atoms. The second-order valence-electron chi connectivity index (χ2n) is 6.43. The number of aldehydes is 1. The maximum atomic E-state index is 12.1. The lowest BCUT2D eigenvalue weighted by atomic mass is 9.81. The van der Waals surface area contributed by atoms with Crippen molar-refractivity contribution in [2.45, 2.75) is 65.7 Å². The van der Waals surface area contributed by atoms with Crippen molar-refractivity contribution in [3.05, 3.63) is 12.2 Å². The van der Waals surface area contributed by atoms with E-state index in [1.807, 2.05) is 13.8 Å². The summed E-state index contributed by atoms with van der Waals surface area (Å²) in [5, 5.41) is 3.04. The molecule has 1 N–H and O–H groups in total. The lowest BCUT2D eigenvalue weighted by Crippen LogP contribution is -2.36. The van der Waals surface area contributed by atoms with Gasteiger partial charge in [0.05, 0.1) is 0 Å². The summed E-state index contributed by atoms with van der Waals surface area (Å²) in [6, 6.07) is 0. The minimum absolute atomic E-state index is 0.129. The van der Waals surface area contributed by atoms with Crippen molar-refractivity contribution in [3.63, 3.8) is 0 Å². The molecule has 0 aromatic rings. The fourth-order valence-corrected chi connectivity index (χ4v) is 3.06. The quantitative estimate of drug-likeness (QED) is 0.393. The lowest BCUT2D eigenvalue weighted by Gasteiger charge is -2.30. The summed E-state index contributed by atoms with van der Waals surface area (Å²) in [7, 11) is 1.75. The van der Waals surface area contributed by atoms with Crippen LogP contribution in [0.25, 0.3) is 0 Å². The standard InChI is InChI=1S/C18H30N2O3.C2H6/c1-3-4-5-12-19-18(23)16-10-8-15(9-11-16)14-20(2)17(22)7-6-13-21;1-2/h6-7,13,15-16H,3-5,8-12,14H2,1-2H3,(H,19,23);1-2H3/b7-6-;. The summed E-state index contributed by atoms with van der Waals surface area (Å²) in [4.78, 5) is 35.7. The van der Waals surface area contributed by atoms with Crippen molar-refractivity contribution in [1.82, 2.24) is 10.2 Å². The maximum Gasteiger partial charge on any atom is 0.246 e. The van der Waals surface area contributed by atoms with E-state index in [0.717, 1.165) is 51.5 Å². The van der Waals surface area contributed by atoms with Crippen molar-refractivity contribution < 1.29 is 14.4 Å². The summed E-state index contributed by atoms with van der Waals surface area (Å²) < 4.78 is 0. The lowest BCUT2D eigenvalue weighted by molar-refractivity contribution is -0.128. The number of likely N-dealkylation sites (N-methyl/N-ethyl adjacent to an activating group) is 1. The molecule has 0 saturated heterocycles. The van der Waals surface area contributed by atoms with Gasteiger partial charge in [0.25, 0.3) is 0 Å². The van der Waals surface area contributed by atoms with Crippen LogP contribution in [-0.2, 0) is 14.4 Å². The van der Waals surface area contributed by atoms with Crippen LogP contribution in [0.4, 0.5) is 0 Å². The molecule has 0 aromatic heterocycles. The molecular weight excluding hydrogens is 316 g/mol. The second-order valence-corrected chi connectivity index (χ2v) is 6.43. The van der Waals surface area contributed by atoms with Crippen LogP contribution in [0.15, 0.2) is 12.2 Å². The molecule has 0 aliphatic heterocycles. The van der Waals surface area contributed by atoms with Crippen molar-refractivity contribution >= 4 is 18.1 Å². The number of hydrogen-bond acceptors (Lipinski definition) is 3. The molecule has 1 rings (SSSR count). The summed E-state index contributed by atoms with van der Waals surface area (Å²) in [5.41, 5.74) is 0. The van der Waals surface area contributed by atoms with Crippen LogP contribution in [0.2, 0.25) is 0 Å². The molecule has 1 aliphatic carbocycles. The van der Waals surface area contributed by atoms with Crippen LogP contribution in [0.1, 0.15) is 65.7 Å². The zero-order chi connectivity index (χ0) is 19.1. The second kappa shape index (κ2) is 14.7. The molecular formula is C20H36N2O3. The van der Waals surface area contributed by atoms with E-state index < -0.39 is 0 Å². The number of carbonyl (C=O) groups excluding carboxylic acids is 3. The van der Waals surface area contributed by atoms with Crippen molar-refractivity contribution in [2.24, 2.45) is 11.8 Å². The molecule has 1 aliphatic rings. The highest BCUT2D eigenvalue weighted by Crippen LogP contribution is 2.29. The molecule has 0 bridgehead atoms. The number of carbonyl (C=O) groups is 3. The van der Waals surface area contributed by atoms with Gasteiger partial charge in [0, 0.05) is 32.1 Å². The number of nitrogens with zero attached hydrogens (tertiary/aromatic N) is 1. The third-order valence-corrected chi connectivity index (χ3v) is 4.52. The van der Waals surface area contributed by atoms with Crippen LogP contribution >= 0.6 is 0 Å². The summed E-state index contributed by atoms with van der Waals surface area (Å²) >= 11 is 0. The minimum Gasteiger partial charge on any atom is -0.356 e. The molecule has 1 saturated carbocycles. The van der Waals surface area contributed by atoms with Crippen molar-refractivity contribution in [1.29, 1.82) is 0 Å². The van der Waals surface area contributed by atoms with E-state index in [1.54, 1.807) is 11.9 Å². The van der Waals surface area contributed by atoms with Crippen LogP contribution in [0, 0.1) is 11.8 Å². The maximum absolute atomic E-state index is 12.1. The van der Waals surface area contributed by atoms with Crippen molar-refractivity contribution in [2.75, 3.05) is 20.1 Å². The van der Waals surface area contributed by atoms with Gasteiger partial charge in [-0.3, -0.25) is 14.4 Å². The predicted molar refractivity (Wildman–Crippen MR) is 102 cm³/mol. The van der Waals surface area contributed by atoms with Gasteiger partial charge in [0.15, 0.2) is 0 Å². The highest BCUT2D eigenvalue weighted by molar-refractivity contribution is 5.90. The van der Waals surface area contributed by atoms with Crippen LogP contribution in [0.5, 0.6) is 0 Å². The number of nitrogens with one attached hydrogen (secondary N) is 1. The number of rotatable bonds is 9. The normalized spacial score (nSPS) is 19.7. The van der Waals surface area contributed by atoms with E-state index in [0.29, 0.717) is 18.7 Å². The highest BCUT2D eigenvalue weighted by atomic mass is 16.2. The zero-order valence-electron chi connectivity index (χ0n) is 16.4. The van der Waals surface area contributed by atoms with E-state index in [-0.39, 0.29) is 17.7 Å². The fraction of sp³-hybridized carbons (Fsp3) is 0.750. The Bertz CT molecular complexity index is 413. The van der Waals surface area contributed by atoms with Gasteiger partial charge in [-0.15, -0.1) is 0 Å². The minimum atomic E-state index is -0.145. The highest BCUT2D eigenvalue weighted by Gasteiger charge is 2.27. The van der Waals surface area contributed by atoms with E-state index in [2.05, 4.69) is 12.2 Å². The Kier molecular flexibility index (Phi) is 13.7. The summed E-state index contributed by atoms with van der Waals surface area (Å²) in [5.74, 6) is 0.618. The number of allylic oxidation sites excluding steroid dienone is 1. The first-order chi connectivity index (χ1) is 12.1. The third-order valence-electron chi connectivity index (χ3n) is 4.52. The molecule has 0 atom stereocenters. The zero-order valence-corrected chi connectivity index (χ0v) is 16.4. The Morgan fingerprint density at radius 1 is 1.12 bits per heavy atom. The predicted octanol–water partition coefficient (Wildman–Crippen LogP) is 3.34. The number of hydrogen-bond donors (Lipinski definition) is 1. The van der Waals surface area contributed by atoms with Crippen molar-refractivity contribution in [3.8, 4) is 0 Å². The molecule has 0 heterocycles. The average molecular weight is 353 g/mol. The van der Waals surface area contributed by atoms with Gasteiger partial charge in [-0.2, -0.15) is 0 Å². The first kappa shape index (κ1) is 23.4. The first-order valence-electron chi connectivity index (χ1n) is 9.73.